The minimum absolute atomic E-state index is 0.133. The molecule has 0 saturated heterocycles. The van der Waals surface area contributed by atoms with Crippen molar-refractivity contribution in [2.45, 2.75) is 70.1 Å². The van der Waals surface area contributed by atoms with Gasteiger partial charge in [0.25, 0.3) is 0 Å². The van der Waals surface area contributed by atoms with Gasteiger partial charge in [-0.3, -0.25) is 0 Å². The molecule has 1 atom stereocenters. The van der Waals surface area contributed by atoms with Crippen molar-refractivity contribution in [1.82, 2.24) is 5.32 Å². The summed E-state index contributed by atoms with van der Waals surface area (Å²) in [6.07, 6.45) is 7.73. The standard InChI is InChI=1S/C16H29NO2/c1-11(2)17-9-15(18)10-19-16-6-12-3-13(7-16)5-14(4-12)8-16/h11-15,17-18H,3-10H2,1-2H3/t12?,13?,14?,15-,16?/m0/s1. The van der Waals surface area contributed by atoms with Gasteiger partial charge in [0.05, 0.1) is 18.3 Å². The van der Waals surface area contributed by atoms with Crippen molar-refractivity contribution in [3.8, 4) is 0 Å². The van der Waals surface area contributed by atoms with E-state index in [4.69, 9.17) is 4.74 Å². The van der Waals surface area contributed by atoms with Crippen molar-refractivity contribution in [3.63, 3.8) is 0 Å². The SMILES string of the molecule is CC(C)NC[C@H](O)COC12CC3CC(CC(C3)C1)C2. The molecule has 0 radical (unpaired) electrons. The van der Waals surface area contributed by atoms with Gasteiger partial charge in [-0.25, -0.2) is 0 Å². The summed E-state index contributed by atoms with van der Waals surface area (Å²) in [5.74, 6) is 2.74. The minimum Gasteiger partial charge on any atom is -0.389 e. The van der Waals surface area contributed by atoms with E-state index >= 15 is 0 Å². The number of aliphatic hydroxyl groups excluding tert-OH is 1. The Labute approximate surface area is 117 Å². The normalized spacial score (nSPS) is 42.0. The molecule has 4 fully saturated rings. The number of ether oxygens (including phenoxy) is 1. The van der Waals surface area contributed by atoms with Gasteiger partial charge in [-0.2, -0.15) is 0 Å². The maximum Gasteiger partial charge on any atom is 0.0898 e. The molecule has 0 unspecified atom stereocenters. The second-order valence-corrected chi connectivity index (χ2v) is 7.63. The third-order valence-corrected chi connectivity index (χ3v) is 5.33. The fourth-order valence-electron chi connectivity index (χ4n) is 4.91. The predicted molar refractivity (Wildman–Crippen MR) is 76.0 cm³/mol. The van der Waals surface area contributed by atoms with Crippen LogP contribution in [-0.2, 0) is 4.74 Å². The molecule has 4 bridgehead atoms. The zero-order valence-corrected chi connectivity index (χ0v) is 12.4. The summed E-state index contributed by atoms with van der Waals surface area (Å²) in [5.41, 5.74) is 0.133. The predicted octanol–water partition coefficient (Wildman–Crippen LogP) is 2.33. The molecule has 0 aliphatic heterocycles. The van der Waals surface area contributed by atoms with Gasteiger partial charge in [-0.15, -0.1) is 0 Å². The average molecular weight is 267 g/mol. The van der Waals surface area contributed by atoms with Crippen LogP contribution in [-0.4, -0.2) is 36.0 Å². The Morgan fingerprint density at radius 3 is 2.11 bits per heavy atom. The number of rotatable bonds is 6. The molecule has 0 aromatic carbocycles. The number of aliphatic hydroxyl groups is 1. The van der Waals surface area contributed by atoms with Gasteiger partial charge >= 0.3 is 0 Å². The van der Waals surface area contributed by atoms with E-state index in [1.54, 1.807) is 0 Å². The van der Waals surface area contributed by atoms with Crippen molar-refractivity contribution >= 4 is 0 Å². The van der Waals surface area contributed by atoms with Gasteiger partial charge in [0, 0.05) is 12.6 Å². The van der Waals surface area contributed by atoms with Crippen LogP contribution in [0.25, 0.3) is 0 Å². The highest BCUT2D eigenvalue weighted by Crippen LogP contribution is 2.57. The first kappa shape index (κ1) is 13.8. The molecular formula is C16H29NO2. The molecule has 4 saturated carbocycles. The van der Waals surface area contributed by atoms with Crippen LogP contribution < -0.4 is 5.32 Å². The van der Waals surface area contributed by atoms with Crippen molar-refractivity contribution in [2.24, 2.45) is 17.8 Å². The van der Waals surface area contributed by atoms with E-state index in [0.717, 1.165) is 17.8 Å². The lowest BCUT2D eigenvalue weighted by atomic mass is 9.54. The second-order valence-electron chi connectivity index (χ2n) is 7.63. The van der Waals surface area contributed by atoms with Gasteiger partial charge in [0.1, 0.15) is 0 Å². The highest BCUT2D eigenvalue weighted by Gasteiger charge is 2.51. The Morgan fingerprint density at radius 1 is 1.11 bits per heavy atom. The quantitative estimate of drug-likeness (QED) is 0.776. The van der Waals surface area contributed by atoms with E-state index in [1.165, 1.54) is 38.5 Å². The van der Waals surface area contributed by atoms with Gasteiger partial charge in [0.15, 0.2) is 0 Å². The summed E-state index contributed by atoms with van der Waals surface area (Å²) in [6.45, 7) is 5.36. The zero-order valence-electron chi connectivity index (χ0n) is 12.4. The van der Waals surface area contributed by atoms with Gasteiger partial charge in [0.2, 0.25) is 0 Å². The molecule has 2 N–H and O–H groups in total. The summed E-state index contributed by atoms with van der Waals surface area (Å²) in [7, 11) is 0. The van der Waals surface area contributed by atoms with Crippen LogP contribution in [0.15, 0.2) is 0 Å². The molecule has 19 heavy (non-hydrogen) atoms. The molecule has 0 aromatic rings. The van der Waals surface area contributed by atoms with Gasteiger partial charge in [-0.05, 0) is 56.3 Å². The Bertz CT molecular complexity index is 281. The van der Waals surface area contributed by atoms with E-state index in [1.807, 2.05) is 0 Å². The summed E-state index contributed by atoms with van der Waals surface area (Å²) in [6, 6.07) is 0.425. The molecule has 0 heterocycles. The Balaban J connectivity index is 1.49. The highest BCUT2D eigenvalue weighted by atomic mass is 16.5. The van der Waals surface area contributed by atoms with Gasteiger partial charge in [-0.1, -0.05) is 13.8 Å². The molecule has 4 rings (SSSR count). The van der Waals surface area contributed by atoms with Crippen molar-refractivity contribution in [2.75, 3.05) is 13.2 Å². The minimum atomic E-state index is -0.365. The lowest BCUT2D eigenvalue weighted by Crippen LogP contribution is -2.53. The molecule has 3 heteroatoms. The first-order chi connectivity index (χ1) is 9.05. The third kappa shape index (κ3) is 3.14. The first-order valence-electron chi connectivity index (χ1n) is 8.10. The summed E-state index contributed by atoms with van der Waals surface area (Å²) in [5, 5.41) is 13.3. The van der Waals surface area contributed by atoms with E-state index < -0.39 is 0 Å². The highest BCUT2D eigenvalue weighted by molar-refractivity contribution is 5.03. The van der Waals surface area contributed by atoms with Crippen molar-refractivity contribution < 1.29 is 9.84 Å². The van der Waals surface area contributed by atoms with E-state index in [2.05, 4.69) is 19.2 Å². The van der Waals surface area contributed by atoms with E-state index in [0.29, 0.717) is 19.2 Å². The number of hydrogen-bond acceptors (Lipinski definition) is 3. The Morgan fingerprint density at radius 2 is 1.63 bits per heavy atom. The van der Waals surface area contributed by atoms with E-state index in [-0.39, 0.29) is 11.7 Å². The molecule has 0 spiro atoms. The van der Waals surface area contributed by atoms with Crippen LogP contribution >= 0.6 is 0 Å². The van der Waals surface area contributed by atoms with Crippen LogP contribution in [0, 0.1) is 17.8 Å². The smallest absolute Gasteiger partial charge is 0.0898 e. The Kier molecular flexibility index (Phi) is 3.89. The second kappa shape index (κ2) is 5.34. The third-order valence-electron chi connectivity index (χ3n) is 5.33. The van der Waals surface area contributed by atoms with Crippen LogP contribution in [0.5, 0.6) is 0 Å². The van der Waals surface area contributed by atoms with Gasteiger partial charge < -0.3 is 15.2 Å². The van der Waals surface area contributed by atoms with Crippen LogP contribution in [0.3, 0.4) is 0 Å². The largest absolute Gasteiger partial charge is 0.389 e. The lowest BCUT2D eigenvalue weighted by molar-refractivity contribution is -0.174. The average Bonchev–Trinajstić information content (AvgIpc) is 2.32. The molecule has 0 aromatic heterocycles. The molecule has 4 aliphatic rings. The summed E-state index contributed by atoms with van der Waals surface area (Å²) < 4.78 is 6.25. The molecule has 3 nitrogen and oxygen atoms in total. The van der Waals surface area contributed by atoms with Crippen LogP contribution in [0.4, 0.5) is 0 Å². The summed E-state index contributed by atoms with van der Waals surface area (Å²) in [4.78, 5) is 0. The fourth-order valence-corrected chi connectivity index (χ4v) is 4.91. The first-order valence-corrected chi connectivity index (χ1v) is 8.10. The zero-order chi connectivity index (χ0) is 13.5. The number of hydrogen-bond donors (Lipinski definition) is 2. The summed E-state index contributed by atoms with van der Waals surface area (Å²) >= 11 is 0. The van der Waals surface area contributed by atoms with Crippen molar-refractivity contribution in [1.29, 1.82) is 0 Å². The Hall–Kier alpha value is -0.120. The number of nitrogens with one attached hydrogen (secondary N) is 1. The van der Waals surface area contributed by atoms with Crippen LogP contribution in [0.2, 0.25) is 0 Å². The topological polar surface area (TPSA) is 41.5 Å². The maximum absolute atomic E-state index is 10.0. The monoisotopic (exact) mass is 267 g/mol. The van der Waals surface area contributed by atoms with Crippen molar-refractivity contribution in [3.05, 3.63) is 0 Å². The van der Waals surface area contributed by atoms with E-state index in [9.17, 15) is 5.11 Å². The molecule has 4 aliphatic carbocycles. The molecule has 0 amide bonds. The lowest BCUT2D eigenvalue weighted by Gasteiger charge is -2.56. The maximum atomic E-state index is 10.0. The fraction of sp³-hybridized carbons (Fsp3) is 1.00. The molecular weight excluding hydrogens is 238 g/mol. The van der Waals surface area contributed by atoms with Crippen LogP contribution in [0.1, 0.15) is 52.4 Å². The molecule has 110 valence electrons.